The molecule has 4 nitrogen and oxygen atoms in total. The highest BCUT2D eigenvalue weighted by atomic mass is 16.6. The van der Waals surface area contributed by atoms with Crippen LogP contribution in [0.1, 0.15) is 25.0 Å². The van der Waals surface area contributed by atoms with Crippen LogP contribution in [-0.4, -0.2) is 30.2 Å². The van der Waals surface area contributed by atoms with Crippen LogP contribution in [-0.2, 0) is 16.0 Å². The normalized spacial score (nSPS) is 20.5. The fourth-order valence-electron chi connectivity index (χ4n) is 2.07. The lowest BCUT2D eigenvalue weighted by atomic mass is 9.99. The molecule has 1 aliphatic rings. The molecule has 102 valence electrons. The van der Waals surface area contributed by atoms with Gasteiger partial charge < -0.3 is 14.6 Å². The Hall–Kier alpha value is -1.81. The zero-order valence-corrected chi connectivity index (χ0v) is 11.3. The Bertz CT molecular complexity index is 517. The number of aromatic hydroxyl groups is 1. The minimum Gasteiger partial charge on any atom is -0.504 e. The molecule has 1 fully saturated rings. The Kier molecular flexibility index (Phi) is 3.62. The Morgan fingerprint density at radius 3 is 2.68 bits per heavy atom. The summed E-state index contributed by atoms with van der Waals surface area (Å²) in [5, 5.41) is 10.1. The van der Waals surface area contributed by atoms with Crippen molar-refractivity contribution in [1.82, 2.24) is 0 Å². The van der Waals surface area contributed by atoms with Crippen molar-refractivity contribution in [2.75, 3.05) is 7.11 Å². The van der Waals surface area contributed by atoms with Gasteiger partial charge >= 0.3 is 0 Å². The van der Waals surface area contributed by atoms with Gasteiger partial charge in [0.15, 0.2) is 11.5 Å². The predicted octanol–water partition coefficient (Wildman–Crippen LogP) is 2.33. The van der Waals surface area contributed by atoms with Gasteiger partial charge in [-0.2, -0.15) is 0 Å². The Morgan fingerprint density at radius 1 is 1.47 bits per heavy atom. The van der Waals surface area contributed by atoms with Crippen LogP contribution in [0.25, 0.3) is 6.08 Å². The summed E-state index contributed by atoms with van der Waals surface area (Å²) in [6.45, 7) is 4.03. The second kappa shape index (κ2) is 5.05. The molecule has 0 aromatic heterocycles. The van der Waals surface area contributed by atoms with E-state index in [2.05, 4.69) is 0 Å². The molecule has 1 N–H and O–H groups in total. The summed E-state index contributed by atoms with van der Waals surface area (Å²) in [4.78, 5) is 10.4. The third kappa shape index (κ3) is 2.96. The van der Waals surface area contributed by atoms with Gasteiger partial charge in [-0.25, -0.2) is 0 Å². The first-order chi connectivity index (χ1) is 8.97. The van der Waals surface area contributed by atoms with E-state index < -0.39 is 0 Å². The molecule has 1 atom stereocenters. The van der Waals surface area contributed by atoms with Gasteiger partial charge in [0.25, 0.3) is 0 Å². The summed E-state index contributed by atoms with van der Waals surface area (Å²) in [7, 11) is 1.50. The maximum atomic E-state index is 10.4. The van der Waals surface area contributed by atoms with Crippen molar-refractivity contribution < 1.29 is 19.4 Å². The van der Waals surface area contributed by atoms with Crippen LogP contribution in [0.3, 0.4) is 0 Å². The molecular weight excluding hydrogens is 244 g/mol. The first-order valence-corrected chi connectivity index (χ1v) is 6.17. The molecule has 0 unspecified atom stereocenters. The molecular formula is C15H18O4. The molecule has 0 aliphatic carbocycles. The molecule has 1 heterocycles. The number of epoxide rings is 1. The number of phenolic OH excluding ortho intramolecular Hbond substituents is 1. The Labute approximate surface area is 112 Å². The van der Waals surface area contributed by atoms with E-state index in [4.69, 9.17) is 9.47 Å². The predicted molar refractivity (Wildman–Crippen MR) is 72.4 cm³/mol. The van der Waals surface area contributed by atoms with Crippen molar-refractivity contribution in [3.63, 3.8) is 0 Å². The van der Waals surface area contributed by atoms with Crippen LogP contribution in [0, 0.1) is 0 Å². The largest absolute Gasteiger partial charge is 0.504 e. The molecule has 0 amide bonds. The number of rotatable bonds is 5. The van der Waals surface area contributed by atoms with Gasteiger partial charge in [-0.3, -0.25) is 4.79 Å². The Morgan fingerprint density at radius 2 is 2.16 bits per heavy atom. The molecule has 4 heteroatoms. The number of ether oxygens (including phenoxy) is 2. The number of allylic oxidation sites excluding steroid dienone is 1. The van der Waals surface area contributed by atoms with Crippen LogP contribution in [0.4, 0.5) is 0 Å². The van der Waals surface area contributed by atoms with E-state index in [0.29, 0.717) is 18.5 Å². The van der Waals surface area contributed by atoms with Gasteiger partial charge in [-0.05, 0) is 37.6 Å². The monoisotopic (exact) mass is 262 g/mol. The van der Waals surface area contributed by atoms with Crippen molar-refractivity contribution in [2.45, 2.75) is 32.0 Å². The van der Waals surface area contributed by atoms with E-state index in [-0.39, 0.29) is 17.5 Å². The van der Waals surface area contributed by atoms with Crippen molar-refractivity contribution >= 4 is 12.4 Å². The lowest BCUT2D eigenvalue weighted by Crippen LogP contribution is -2.06. The lowest BCUT2D eigenvalue weighted by molar-refractivity contribution is -0.104. The van der Waals surface area contributed by atoms with Crippen LogP contribution >= 0.6 is 0 Å². The summed E-state index contributed by atoms with van der Waals surface area (Å²) in [6.07, 6.45) is 4.53. The highest BCUT2D eigenvalue weighted by Crippen LogP contribution is 2.41. The number of aldehydes is 1. The first kappa shape index (κ1) is 13.6. The summed E-state index contributed by atoms with van der Waals surface area (Å²) in [5.41, 5.74) is 1.45. The summed E-state index contributed by atoms with van der Waals surface area (Å²) < 4.78 is 10.7. The average molecular weight is 262 g/mol. The molecule has 2 rings (SSSR count). The zero-order chi connectivity index (χ0) is 14.0. The Balaban J connectivity index is 2.30. The molecule has 0 spiro atoms. The number of hydrogen-bond donors (Lipinski definition) is 1. The van der Waals surface area contributed by atoms with Gasteiger partial charge in [-0.1, -0.05) is 6.08 Å². The van der Waals surface area contributed by atoms with E-state index >= 15 is 0 Å². The molecule has 1 aromatic rings. The smallest absolute Gasteiger partial charge is 0.161 e. The highest BCUT2D eigenvalue weighted by molar-refractivity contribution is 5.74. The van der Waals surface area contributed by atoms with E-state index in [1.807, 2.05) is 19.9 Å². The van der Waals surface area contributed by atoms with Crippen molar-refractivity contribution in [1.29, 1.82) is 0 Å². The van der Waals surface area contributed by atoms with Crippen LogP contribution in [0.5, 0.6) is 11.5 Å². The van der Waals surface area contributed by atoms with Gasteiger partial charge in [0.05, 0.1) is 18.8 Å². The topological polar surface area (TPSA) is 59.1 Å². The second-order valence-corrected chi connectivity index (χ2v) is 5.14. The number of carbonyl (C=O) groups excluding carboxylic acids is 1. The van der Waals surface area contributed by atoms with Gasteiger partial charge in [0.2, 0.25) is 0 Å². The van der Waals surface area contributed by atoms with E-state index in [9.17, 15) is 9.90 Å². The lowest BCUT2D eigenvalue weighted by Gasteiger charge is -2.10. The molecule has 0 radical (unpaired) electrons. The number of methoxy groups -OCH3 is 1. The number of hydrogen-bond acceptors (Lipinski definition) is 4. The van der Waals surface area contributed by atoms with Crippen molar-refractivity contribution in [3.8, 4) is 11.5 Å². The minimum atomic E-state index is -0.131. The third-order valence-corrected chi connectivity index (χ3v) is 3.33. The highest BCUT2D eigenvalue weighted by Gasteiger charge is 2.47. The van der Waals surface area contributed by atoms with E-state index in [1.54, 1.807) is 12.1 Å². The molecule has 1 aromatic carbocycles. The van der Waals surface area contributed by atoms with E-state index in [1.165, 1.54) is 13.2 Å². The van der Waals surface area contributed by atoms with Gasteiger partial charge in [0, 0.05) is 12.0 Å². The van der Waals surface area contributed by atoms with Gasteiger partial charge in [0.1, 0.15) is 6.29 Å². The standard InChI is InChI=1S/C15H18O4/c1-15(2)13(19-15)9-11-7-10(5-4-6-16)8-12(18-3)14(11)17/h4-8,13,17H,9H2,1-3H3/t13-/m1/s1. The fourth-order valence-corrected chi connectivity index (χ4v) is 2.07. The summed E-state index contributed by atoms with van der Waals surface area (Å²) in [5.74, 6) is 0.540. The van der Waals surface area contributed by atoms with Crippen LogP contribution in [0.2, 0.25) is 0 Å². The maximum absolute atomic E-state index is 10.4. The quantitative estimate of drug-likeness (QED) is 0.502. The SMILES string of the molecule is COc1cc(C=CC=O)cc(C[C@H]2OC2(C)C)c1O. The molecule has 0 bridgehead atoms. The maximum Gasteiger partial charge on any atom is 0.161 e. The minimum absolute atomic E-state index is 0.105. The van der Waals surface area contributed by atoms with Crippen LogP contribution < -0.4 is 4.74 Å². The molecule has 0 saturated carbocycles. The number of carbonyl (C=O) groups is 1. The zero-order valence-electron chi connectivity index (χ0n) is 11.3. The molecule has 1 aliphatic heterocycles. The average Bonchev–Trinajstić information content (AvgIpc) is 2.97. The summed E-state index contributed by atoms with van der Waals surface area (Å²) >= 11 is 0. The first-order valence-electron chi connectivity index (χ1n) is 6.17. The second-order valence-electron chi connectivity index (χ2n) is 5.14. The molecule has 1 saturated heterocycles. The van der Waals surface area contributed by atoms with Gasteiger partial charge in [-0.15, -0.1) is 0 Å². The molecule has 19 heavy (non-hydrogen) atoms. The third-order valence-electron chi connectivity index (χ3n) is 3.33. The van der Waals surface area contributed by atoms with Crippen LogP contribution in [0.15, 0.2) is 18.2 Å². The van der Waals surface area contributed by atoms with Crippen molar-refractivity contribution in [2.24, 2.45) is 0 Å². The number of benzene rings is 1. The number of phenols is 1. The van der Waals surface area contributed by atoms with E-state index in [0.717, 1.165) is 11.1 Å². The van der Waals surface area contributed by atoms with Crippen molar-refractivity contribution in [3.05, 3.63) is 29.3 Å². The summed E-state index contributed by atoms with van der Waals surface area (Å²) in [6, 6.07) is 3.54. The fraction of sp³-hybridized carbons (Fsp3) is 0.400.